The molecule has 0 aromatic heterocycles. The first-order valence-corrected chi connectivity index (χ1v) is 13.4. The molecule has 10 nitrogen and oxygen atoms in total. The van der Waals surface area contributed by atoms with Crippen LogP contribution in [0.4, 0.5) is 0 Å². The molecule has 1 aliphatic heterocycles. The number of hydrogen-bond donors (Lipinski definition) is 3. The van der Waals surface area contributed by atoms with E-state index in [1.165, 1.54) is 19.2 Å². The zero-order chi connectivity index (χ0) is 28.3. The molecule has 1 heterocycles. The Hall–Kier alpha value is -1.96. The molecule has 0 aliphatic carbocycles. The van der Waals surface area contributed by atoms with Crippen LogP contribution >= 0.6 is 11.6 Å². The third-order valence-electron chi connectivity index (χ3n) is 5.31. The van der Waals surface area contributed by atoms with Crippen LogP contribution in [0.3, 0.4) is 0 Å². The molecule has 0 fully saturated rings. The molecule has 0 amide bonds. The number of methoxy groups -OCH3 is 1. The summed E-state index contributed by atoms with van der Waals surface area (Å²) in [5.41, 5.74) is 7.70. The second-order valence-electron chi connectivity index (χ2n) is 7.85. The monoisotopic (exact) mass is 608 g/mol. The van der Waals surface area contributed by atoms with Crippen molar-refractivity contribution in [3.8, 4) is 0 Å². The Morgan fingerprint density at radius 1 is 1.05 bits per heavy atom. The average Bonchev–Trinajstić information content (AvgIpc) is 2.89. The summed E-state index contributed by atoms with van der Waals surface area (Å²) in [5.74, 6) is -1.86. The number of nitrogens with two attached hydrogens (primary N) is 1. The van der Waals surface area contributed by atoms with Crippen molar-refractivity contribution in [2.45, 2.75) is 24.7 Å². The normalized spacial score (nSPS) is 14.9. The number of allylic oxidation sites excluding steroid dienone is 1. The van der Waals surface area contributed by atoms with Crippen molar-refractivity contribution in [3.05, 3.63) is 87.7 Å². The van der Waals surface area contributed by atoms with E-state index in [0.717, 1.165) is 0 Å². The quantitative estimate of drug-likeness (QED) is 0.167. The van der Waals surface area contributed by atoms with Crippen molar-refractivity contribution in [1.82, 2.24) is 5.32 Å². The minimum atomic E-state index is -4.00. The molecule has 0 saturated heterocycles. The van der Waals surface area contributed by atoms with Gasteiger partial charge in [-0.05, 0) is 37.6 Å². The van der Waals surface area contributed by atoms with E-state index in [9.17, 15) is 18.0 Å². The zero-order valence-electron chi connectivity index (χ0n) is 21.3. The molecule has 0 saturated carbocycles. The molecular weight excluding hydrogens is 576 g/mol. The first-order valence-electron chi connectivity index (χ1n) is 11.6. The average molecular weight is 609 g/mol. The summed E-state index contributed by atoms with van der Waals surface area (Å²) >= 11 is 6.42. The molecule has 1 aliphatic rings. The van der Waals surface area contributed by atoms with Crippen LogP contribution in [-0.4, -0.2) is 96.1 Å². The van der Waals surface area contributed by atoms with Crippen LogP contribution in [-0.2, 0) is 33.9 Å². The predicted octanol–water partition coefficient (Wildman–Crippen LogP) is 2.28. The van der Waals surface area contributed by atoms with Gasteiger partial charge in [0.05, 0.1) is 54.6 Å². The minimum absolute atomic E-state index is 0. The number of carbonyl (C=O) groups is 2. The summed E-state index contributed by atoms with van der Waals surface area (Å²) in [7, 11) is -2.71. The Morgan fingerprint density at radius 3 is 2.18 bits per heavy atom. The predicted molar refractivity (Wildman–Crippen MR) is 150 cm³/mol. The first-order chi connectivity index (χ1) is 18.1. The number of dihydropyridines is 1. The summed E-state index contributed by atoms with van der Waals surface area (Å²) in [6, 6.07) is 14.5. The maximum absolute atomic E-state index is 12.9. The van der Waals surface area contributed by atoms with Gasteiger partial charge in [0.1, 0.15) is 0 Å². The first kappa shape index (κ1) is 35.1. The van der Waals surface area contributed by atoms with Crippen molar-refractivity contribution in [2.24, 2.45) is 5.73 Å². The molecule has 4 N–H and O–H groups in total. The van der Waals surface area contributed by atoms with Crippen LogP contribution in [0.25, 0.3) is 0 Å². The van der Waals surface area contributed by atoms with Crippen molar-refractivity contribution >= 4 is 71.4 Å². The number of nitrogens with one attached hydrogen (secondary N) is 1. The molecule has 1 unspecified atom stereocenters. The van der Waals surface area contributed by atoms with E-state index in [1.54, 1.807) is 56.3 Å². The molecule has 13 heteroatoms. The molecule has 0 spiro atoms. The fraction of sp³-hybridized carbons (Fsp3) is 0.308. The van der Waals surface area contributed by atoms with Gasteiger partial charge in [0.15, 0.2) is 0 Å². The third kappa shape index (κ3) is 9.87. The number of rotatable bonds is 9. The summed E-state index contributed by atoms with van der Waals surface area (Å²) in [5, 5.41) is 3.52. The number of ether oxygens (including phenoxy) is 3. The van der Waals surface area contributed by atoms with Crippen LogP contribution in [0.15, 0.2) is 82.0 Å². The van der Waals surface area contributed by atoms with Crippen LogP contribution in [0.2, 0.25) is 5.02 Å². The second-order valence-corrected chi connectivity index (χ2v) is 9.68. The van der Waals surface area contributed by atoms with Crippen LogP contribution in [0.1, 0.15) is 25.3 Å². The van der Waals surface area contributed by atoms with Crippen molar-refractivity contribution in [3.63, 3.8) is 0 Å². The molecule has 39 heavy (non-hydrogen) atoms. The van der Waals surface area contributed by atoms with Gasteiger partial charge in [-0.25, -0.2) is 9.59 Å². The molecule has 0 radical (unpaired) electrons. The number of halogens is 1. The molecule has 2 aromatic carbocycles. The molecule has 210 valence electrons. The molecular formula is C26H33CaClN2O8S. The third-order valence-corrected chi connectivity index (χ3v) is 6.52. The van der Waals surface area contributed by atoms with E-state index in [0.29, 0.717) is 40.7 Å². The van der Waals surface area contributed by atoms with Crippen molar-refractivity contribution in [2.75, 3.05) is 33.5 Å². The van der Waals surface area contributed by atoms with Gasteiger partial charge in [0, 0.05) is 17.3 Å². The van der Waals surface area contributed by atoms with Gasteiger partial charge in [0.2, 0.25) is 0 Å². The fourth-order valence-corrected chi connectivity index (χ4v) is 4.46. The van der Waals surface area contributed by atoms with Crippen LogP contribution in [0.5, 0.6) is 0 Å². The van der Waals surface area contributed by atoms with Crippen LogP contribution < -0.4 is 11.1 Å². The van der Waals surface area contributed by atoms with E-state index in [-0.39, 0.29) is 61.4 Å². The van der Waals surface area contributed by atoms with Gasteiger partial charge in [-0.2, -0.15) is 8.42 Å². The van der Waals surface area contributed by atoms with Crippen LogP contribution in [0, 0.1) is 0 Å². The van der Waals surface area contributed by atoms with E-state index in [1.807, 2.05) is 0 Å². The molecule has 2 aromatic rings. The SMILES string of the molecule is CCOC(=O)C1=C(COCCN)NC(C)=C(C(=O)OC)C1c1ccccc1Cl.O=S(=O)(O)c1ccccc1.[CaH2]. The van der Waals surface area contributed by atoms with Crippen molar-refractivity contribution < 1.29 is 36.8 Å². The summed E-state index contributed by atoms with van der Waals surface area (Å²) in [6.07, 6.45) is 0. The Labute approximate surface area is 263 Å². The number of benzene rings is 2. The molecule has 3 rings (SSSR count). The van der Waals surface area contributed by atoms with Gasteiger partial charge in [-0.1, -0.05) is 48.0 Å². The maximum atomic E-state index is 12.9. The topological polar surface area (TPSA) is 154 Å². The van der Waals surface area contributed by atoms with Gasteiger partial charge < -0.3 is 25.3 Å². The van der Waals surface area contributed by atoms with E-state index in [2.05, 4.69) is 5.32 Å². The zero-order valence-corrected chi connectivity index (χ0v) is 22.8. The number of hydrogen-bond acceptors (Lipinski definition) is 9. The Kier molecular flexibility index (Phi) is 15.3. The van der Waals surface area contributed by atoms with E-state index >= 15 is 0 Å². The fourth-order valence-electron chi connectivity index (χ4n) is 3.71. The van der Waals surface area contributed by atoms with Gasteiger partial charge in [0.25, 0.3) is 10.1 Å². The standard InChI is InChI=1S/C20H25ClN2O5.C6H6O3S.Ca.2H/c1-4-28-20(25)18-15(11-27-10-9-22)23-12(2)16(19(24)26-3)17(18)13-7-5-6-8-14(13)21;7-10(8,9)6-4-2-1-3-5-6;;;/h5-8,17,23H,4,9-11,22H2,1-3H3;1-5H,(H,7,8,9);;;. The summed E-state index contributed by atoms with van der Waals surface area (Å²) in [6.45, 7) is 4.42. The van der Waals surface area contributed by atoms with Crippen molar-refractivity contribution in [1.29, 1.82) is 0 Å². The number of esters is 2. The number of carbonyl (C=O) groups excluding carboxylic acids is 2. The van der Waals surface area contributed by atoms with E-state index < -0.39 is 28.0 Å². The second kappa shape index (κ2) is 17.0. The summed E-state index contributed by atoms with van der Waals surface area (Å²) < 4.78 is 45.0. The Balaban J connectivity index is 0.000000581. The van der Waals surface area contributed by atoms with Gasteiger partial charge in [-0.15, -0.1) is 0 Å². The molecule has 0 bridgehead atoms. The summed E-state index contributed by atoms with van der Waals surface area (Å²) in [4.78, 5) is 25.4. The van der Waals surface area contributed by atoms with E-state index in [4.69, 9.17) is 36.1 Å². The van der Waals surface area contributed by atoms with Gasteiger partial charge in [-0.3, -0.25) is 4.55 Å². The van der Waals surface area contributed by atoms with Gasteiger partial charge >= 0.3 is 49.7 Å². The Morgan fingerprint density at radius 2 is 1.67 bits per heavy atom. The Bertz CT molecular complexity index is 1300. The molecule has 1 atom stereocenters.